The van der Waals surface area contributed by atoms with Crippen molar-refractivity contribution in [2.75, 3.05) is 0 Å². The molecule has 14 heteroatoms. The minimum absolute atomic E-state index is 0.139. The van der Waals surface area contributed by atoms with Crippen molar-refractivity contribution in [3.8, 4) is 0 Å². The molecule has 1 rings (SSSR count). The largest absolute Gasteiger partial charge is 0.478 e. The zero-order chi connectivity index (χ0) is 30.1. The van der Waals surface area contributed by atoms with Crippen molar-refractivity contribution in [3.05, 3.63) is 11.6 Å². The van der Waals surface area contributed by atoms with Crippen LogP contribution in [0.1, 0.15) is 74.7 Å². The maximum absolute atomic E-state index is 13.2. The van der Waals surface area contributed by atoms with Crippen molar-refractivity contribution in [3.63, 3.8) is 0 Å². The zero-order valence-electron chi connectivity index (χ0n) is 23.6. The first-order valence-corrected chi connectivity index (χ1v) is 12.6. The number of carboxylic acid groups (broad SMARTS) is 1. The Morgan fingerprint density at radius 1 is 1.03 bits per heavy atom. The van der Waals surface area contributed by atoms with Crippen LogP contribution in [0.15, 0.2) is 16.6 Å². The molecule has 4 N–H and O–H groups in total. The van der Waals surface area contributed by atoms with Crippen LogP contribution in [-0.4, -0.2) is 77.0 Å². The average Bonchev–Trinajstić information content (AvgIpc) is 2.75. The molecule has 39 heavy (non-hydrogen) atoms. The second-order valence-corrected chi connectivity index (χ2v) is 10.9. The van der Waals surface area contributed by atoms with E-state index in [0.29, 0.717) is 12.8 Å². The molecule has 0 aromatic rings. The summed E-state index contributed by atoms with van der Waals surface area (Å²) in [6, 6.07) is -2.40. The van der Waals surface area contributed by atoms with Gasteiger partial charge in [-0.1, -0.05) is 13.8 Å². The van der Waals surface area contributed by atoms with Gasteiger partial charge < -0.3 is 30.0 Å². The van der Waals surface area contributed by atoms with Gasteiger partial charge in [-0.05, 0) is 60.5 Å². The molecule has 0 bridgehead atoms. The van der Waals surface area contributed by atoms with E-state index in [1.54, 1.807) is 41.5 Å². The molecule has 3 amide bonds. The average molecular weight is 563 g/mol. The summed E-state index contributed by atoms with van der Waals surface area (Å²) in [5.41, 5.74) is -2.00. The lowest BCUT2D eigenvalue weighted by Crippen LogP contribution is -2.62. The first kappa shape index (κ1) is 33.7. The number of hydrogen-bond donors (Lipinski definition) is 4. The fourth-order valence-electron chi connectivity index (χ4n) is 3.55. The number of hydrogen-bond acceptors (Lipinski definition) is 7. The first-order valence-electron chi connectivity index (χ1n) is 12.6. The molecule has 0 radical (unpaired) electrons. The lowest BCUT2D eigenvalue weighted by Gasteiger charge is -2.39. The van der Waals surface area contributed by atoms with Crippen LogP contribution in [0, 0.1) is 0 Å². The number of aliphatic carboxylic acids is 1. The van der Waals surface area contributed by atoms with Crippen molar-refractivity contribution in [2.24, 2.45) is 4.99 Å². The number of guanidine groups is 1. The Bertz CT molecular complexity index is 953. The molecule has 0 spiro atoms. The molecule has 12 nitrogen and oxygen atoms in total. The van der Waals surface area contributed by atoms with E-state index in [-0.39, 0.29) is 18.1 Å². The van der Waals surface area contributed by atoms with E-state index in [4.69, 9.17) is 14.2 Å². The highest BCUT2D eigenvalue weighted by molar-refractivity contribution is 5.99. The molecule has 0 aromatic heterocycles. The van der Waals surface area contributed by atoms with E-state index in [1.165, 1.54) is 6.08 Å². The molecule has 1 aliphatic carbocycles. The van der Waals surface area contributed by atoms with Gasteiger partial charge in [-0.15, -0.1) is 4.99 Å². The summed E-state index contributed by atoms with van der Waals surface area (Å²) in [4.78, 5) is 52.6. The van der Waals surface area contributed by atoms with Crippen LogP contribution in [0.3, 0.4) is 0 Å². The second kappa shape index (κ2) is 14.2. The summed E-state index contributed by atoms with van der Waals surface area (Å²) in [6.45, 7) is 13.2. The number of rotatable bonds is 8. The molecule has 222 valence electrons. The standard InChI is InChI=1S/C25H40F2N4O8/c1-9-14(10-2)37-16-12-13(20(33)34)11-15(17(16)29-19(32)18(26)27)28-21(30-22(35)38-24(3,4)5)31-23(36)39-25(6,7)8/h12,14-18H,9-11H2,1-8H3,(H,29,32)(H,33,34)(H2,28,30,31,35,36). The van der Waals surface area contributed by atoms with Gasteiger partial charge in [-0.2, -0.15) is 8.78 Å². The third kappa shape index (κ3) is 12.4. The molecular weight excluding hydrogens is 522 g/mol. The number of carbonyl (C=O) groups excluding carboxylic acids is 3. The summed E-state index contributed by atoms with van der Waals surface area (Å²) >= 11 is 0. The minimum atomic E-state index is -3.36. The Hall–Kier alpha value is -3.29. The number of carbonyl (C=O) groups is 4. The molecule has 0 saturated carbocycles. The number of alkyl halides is 2. The van der Waals surface area contributed by atoms with Crippen LogP contribution in [0.25, 0.3) is 0 Å². The molecule has 0 fully saturated rings. The maximum Gasteiger partial charge on any atom is 0.437 e. The summed E-state index contributed by atoms with van der Waals surface area (Å²) < 4.78 is 42.8. The highest BCUT2D eigenvalue weighted by atomic mass is 19.3. The Balaban J connectivity index is 3.51. The van der Waals surface area contributed by atoms with Gasteiger partial charge >= 0.3 is 24.6 Å². The number of nitrogens with zero attached hydrogens (tertiary/aromatic N) is 1. The second-order valence-electron chi connectivity index (χ2n) is 10.9. The molecule has 3 unspecified atom stereocenters. The fourth-order valence-corrected chi connectivity index (χ4v) is 3.55. The van der Waals surface area contributed by atoms with Crippen LogP contribution in [-0.2, 0) is 23.8 Å². The van der Waals surface area contributed by atoms with Crippen molar-refractivity contribution in [1.82, 2.24) is 16.0 Å². The van der Waals surface area contributed by atoms with Crippen LogP contribution in [0.4, 0.5) is 18.4 Å². The lowest BCUT2D eigenvalue weighted by molar-refractivity contribution is -0.134. The summed E-state index contributed by atoms with van der Waals surface area (Å²) in [5.74, 6) is -3.42. The molecule has 3 atom stereocenters. The number of halogens is 2. The van der Waals surface area contributed by atoms with Gasteiger partial charge in [0.1, 0.15) is 11.2 Å². The Labute approximate surface area is 226 Å². The zero-order valence-corrected chi connectivity index (χ0v) is 23.6. The van der Waals surface area contributed by atoms with Gasteiger partial charge in [0.15, 0.2) is 0 Å². The van der Waals surface area contributed by atoms with Crippen LogP contribution in [0.2, 0.25) is 0 Å². The van der Waals surface area contributed by atoms with E-state index >= 15 is 0 Å². The van der Waals surface area contributed by atoms with E-state index in [2.05, 4.69) is 20.9 Å². The topological polar surface area (TPSA) is 165 Å². The van der Waals surface area contributed by atoms with Crippen LogP contribution < -0.4 is 16.0 Å². The highest BCUT2D eigenvalue weighted by Gasteiger charge is 2.40. The third-order valence-electron chi connectivity index (χ3n) is 5.17. The van der Waals surface area contributed by atoms with E-state index < -0.39 is 65.8 Å². The van der Waals surface area contributed by atoms with Gasteiger partial charge in [0.25, 0.3) is 5.91 Å². The number of alkyl carbamates (subject to hydrolysis) is 1. The fraction of sp³-hybridized carbons (Fsp3) is 0.720. The van der Waals surface area contributed by atoms with Crippen molar-refractivity contribution >= 4 is 30.0 Å². The molecule has 0 saturated heterocycles. The van der Waals surface area contributed by atoms with E-state index in [0.717, 1.165) is 0 Å². The van der Waals surface area contributed by atoms with Gasteiger partial charge in [-0.3, -0.25) is 10.1 Å². The highest BCUT2D eigenvalue weighted by Crippen LogP contribution is 2.25. The Morgan fingerprint density at radius 3 is 2.05 bits per heavy atom. The van der Waals surface area contributed by atoms with Crippen molar-refractivity contribution in [1.29, 1.82) is 0 Å². The summed E-state index contributed by atoms with van der Waals surface area (Å²) in [7, 11) is 0. The van der Waals surface area contributed by atoms with E-state index in [9.17, 15) is 33.1 Å². The smallest absolute Gasteiger partial charge is 0.437 e. The SMILES string of the molecule is CCC(CC)OC1C=C(C(=O)O)CC(N/C(=N/C(=O)OC(C)(C)C)NC(=O)OC(C)(C)C)C1NC(=O)C(F)F. The molecule has 1 aliphatic rings. The minimum Gasteiger partial charge on any atom is -0.478 e. The van der Waals surface area contributed by atoms with Crippen molar-refractivity contribution < 1.29 is 47.3 Å². The first-order chi connectivity index (χ1) is 17.8. The van der Waals surface area contributed by atoms with Gasteiger partial charge in [0, 0.05) is 12.0 Å². The predicted molar refractivity (Wildman–Crippen MR) is 137 cm³/mol. The third-order valence-corrected chi connectivity index (χ3v) is 5.17. The van der Waals surface area contributed by atoms with Crippen LogP contribution in [0.5, 0.6) is 0 Å². The van der Waals surface area contributed by atoms with Gasteiger partial charge in [-0.25, -0.2) is 14.4 Å². The predicted octanol–water partition coefficient (Wildman–Crippen LogP) is 3.50. The number of ether oxygens (including phenoxy) is 3. The maximum atomic E-state index is 13.2. The molecule has 0 heterocycles. The van der Waals surface area contributed by atoms with Crippen molar-refractivity contribution in [2.45, 2.75) is 117 Å². The molecule has 0 aliphatic heterocycles. The normalized spacial score (nSPS) is 20.3. The lowest BCUT2D eigenvalue weighted by atomic mass is 9.87. The number of aliphatic imine (C=N–C) groups is 1. The summed E-state index contributed by atoms with van der Waals surface area (Å²) in [6.07, 6.45) is -5.00. The number of amides is 3. The molecule has 0 aromatic carbocycles. The Morgan fingerprint density at radius 2 is 1.59 bits per heavy atom. The van der Waals surface area contributed by atoms with Gasteiger partial charge in [0.2, 0.25) is 5.96 Å². The quantitative estimate of drug-likeness (QED) is 0.256. The van der Waals surface area contributed by atoms with Gasteiger partial charge in [0.05, 0.1) is 24.3 Å². The van der Waals surface area contributed by atoms with E-state index in [1.807, 2.05) is 13.8 Å². The Kier molecular flexibility index (Phi) is 12.3. The molecular formula is C25H40F2N4O8. The van der Waals surface area contributed by atoms with Crippen LogP contribution >= 0.6 is 0 Å². The number of carboxylic acids is 1. The number of nitrogens with one attached hydrogen (secondary N) is 3. The summed E-state index contributed by atoms with van der Waals surface area (Å²) in [5, 5.41) is 16.9. The monoisotopic (exact) mass is 562 g/mol.